The first-order chi connectivity index (χ1) is 8.72. The number of hydrogen-bond donors (Lipinski definition) is 2. The molecule has 3 N–H and O–H groups in total. The highest BCUT2D eigenvalue weighted by Gasteiger charge is 2.23. The molecule has 1 fully saturated rings. The van der Waals surface area contributed by atoms with Gasteiger partial charge < -0.3 is 20.5 Å². The van der Waals surface area contributed by atoms with Crippen molar-refractivity contribution in [3.8, 4) is 0 Å². The van der Waals surface area contributed by atoms with E-state index in [9.17, 15) is 4.79 Å². The zero-order chi connectivity index (χ0) is 13.0. The molecule has 1 saturated heterocycles. The molecule has 2 rings (SSSR count). The Kier molecular flexibility index (Phi) is 4.38. The molecular weight excluding hydrogens is 254 g/mol. The van der Waals surface area contributed by atoms with E-state index in [-0.39, 0.29) is 5.82 Å². The average Bonchev–Trinajstić information content (AvgIpc) is 2.72. The Labute approximate surface area is 110 Å². The normalized spacial score (nSPS) is 16.5. The van der Waals surface area contributed by atoms with Gasteiger partial charge in [-0.15, -0.1) is 0 Å². The van der Waals surface area contributed by atoms with Crippen molar-refractivity contribution in [2.24, 2.45) is 0 Å². The summed E-state index contributed by atoms with van der Waals surface area (Å²) in [7, 11) is 0. The number of aromatic nitrogens is 1. The van der Waals surface area contributed by atoms with E-state index in [0.29, 0.717) is 23.2 Å². The van der Waals surface area contributed by atoms with Crippen molar-refractivity contribution < 1.29 is 14.3 Å². The van der Waals surface area contributed by atoms with Crippen molar-refractivity contribution in [2.45, 2.75) is 25.8 Å². The summed E-state index contributed by atoms with van der Waals surface area (Å²) in [6, 6.07) is 0.298. The Balaban J connectivity index is 2.09. The minimum absolute atomic E-state index is 0.230. The van der Waals surface area contributed by atoms with Gasteiger partial charge in [-0.25, -0.2) is 4.79 Å². The summed E-state index contributed by atoms with van der Waals surface area (Å²) in [6.45, 7) is 3.56. The van der Waals surface area contributed by atoms with Crippen LogP contribution < -0.4 is 11.1 Å². The molecule has 1 aliphatic rings. The highest BCUT2D eigenvalue weighted by molar-refractivity contribution is 7.11. The van der Waals surface area contributed by atoms with Crippen LogP contribution in [0.5, 0.6) is 0 Å². The molecule has 0 spiro atoms. The lowest BCUT2D eigenvalue weighted by molar-refractivity contribution is 0.0529. The number of ether oxygens (including phenoxy) is 2. The first-order valence-corrected chi connectivity index (χ1v) is 6.76. The monoisotopic (exact) mass is 271 g/mol. The van der Waals surface area contributed by atoms with Crippen molar-refractivity contribution in [1.82, 2.24) is 4.37 Å². The first-order valence-electron chi connectivity index (χ1n) is 5.99. The quantitative estimate of drug-likeness (QED) is 0.807. The molecule has 1 aliphatic heterocycles. The van der Waals surface area contributed by atoms with Crippen LogP contribution in [-0.4, -0.2) is 36.2 Å². The number of nitrogens with one attached hydrogen (secondary N) is 1. The van der Waals surface area contributed by atoms with Gasteiger partial charge in [-0.05, 0) is 31.3 Å². The third kappa shape index (κ3) is 2.91. The highest BCUT2D eigenvalue weighted by Crippen LogP contribution is 2.29. The van der Waals surface area contributed by atoms with E-state index < -0.39 is 5.97 Å². The van der Waals surface area contributed by atoms with E-state index in [4.69, 9.17) is 15.2 Å². The average molecular weight is 271 g/mol. The van der Waals surface area contributed by atoms with Crippen molar-refractivity contribution in [1.29, 1.82) is 0 Å². The lowest BCUT2D eigenvalue weighted by atomic mass is 10.1. The Hall–Kier alpha value is -1.34. The van der Waals surface area contributed by atoms with Crippen molar-refractivity contribution in [3.05, 3.63) is 5.56 Å². The van der Waals surface area contributed by atoms with Gasteiger partial charge in [-0.1, -0.05) is 0 Å². The summed E-state index contributed by atoms with van der Waals surface area (Å²) >= 11 is 1.20. The van der Waals surface area contributed by atoms with Crippen LogP contribution in [0.25, 0.3) is 0 Å². The molecule has 0 atom stereocenters. The van der Waals surface area contributed by atoms with Crippen LogP contribution in [-0.2, 0) is 9.47 Å². The summed E-state index contributed by atoms with van der Waals surface area (Å²) in [6.07, 6.45) is 1.83. The van der Waals surface area contributed by atoms with Gasteiger partial charge in [-0.2, -0.15) is 4.37 Å². The van der Waals surface area contributed by atoms with Crippen LogP contribution in [0.2, 0.25) is 0 Å². The maximum absolute atomic E-state index is 11.8. The molecule has 2 heterocycles. The minimum Gasteiger partial charge on any atom is -0.462 e. The van der Waals surface area contributed by atoms with Crippen LogP contribution in [0.3, 0.4) is 0 Å². The van der Waals surface area contributed by atoms with Gasteiger partial charge in [0, 0.05) is 19.3 Å². The Morgan fingerprint density at radius 3 is 3.00 bits per heavy atom. The second kappa shape index (κ2) is 6.01. The fourth-order valence-corrected chi connectivity index (χ4v) is 2.61. The van der Waals surface area contributed by atoms with Crippen LogP contribution in [0, 0.1) is 0 Å². The SMILES string of the molecule is CCOC(=O)c1c(N)nsc1NC1CCOCC1. The molecule has 0 aromatic carbocycles. The molecule has 1 aromatic heterocycles. The predicted molar refractivity (Wildman–Crippen MR) is 69.9 cm³/mol. The second-order valence-corrected chi connectivity index (χ2v) is 4.80. The number of nitrogen functional groups attached to an aromatic ring is 1. The molecule has 0 aliphatic carbocycles. The third-order valence-electron chi connectivity index (χ3n) is 2.75. The summed E-state index contributed by atoms with van der Waals surface area (Å²) in [5.74, 6) is -0.189. The molecule has 7 heteroatoms. The number of carbonyl (C=O) groups excluding carboxylic acids is 1. The summed E-state index contributed by atoms with van der Waals surface area (Å²) in [5, 5.41) is 4.00. The van der Waals surface area contributed by atoms with Crippen molar-refractivity contribution in [3.63, 3.8) is 0 Å². The maximum atomic E-state index is 11.8. The van der Waals surface area contributed by atoms with Crippen molar-refractivity contribution in [2.75, 3.05) is 30.9 Å². The van der Waals surface area contributed by atoms with Gasteiger partial charge in [0.2, 0.25) is 0 Å². The minimum atomic E-state index is -0.418. The first kappa shape index (κ1) is 13.1. The fourth-order valence-electron chi connectivity index (χ4n) is 1.83. The molecule has 18 heavy (non-hydrogen) atoms. The molecule has 0 bridgehead atoms. The van der Waals surface area contributed by atoms with E-state index >= 15 is 0 Å². The Bertz CT molecular complexity index is 416. The molecule has 0 saturated carbocycles. The smallest absolute Gasteiger partial charge is 0.344 e. The fraction of sp³-hybridized carbons (Fsp3) is 0.636. The van der Waals surface area contributed by atoms with Crippen LogP contribution in [0.15, 0.2) is 0 Å². The lowest BCUT2D eigenvalue weighted by Gasteiger charge is -2.23. The molecular formula is C11H17N3O3S. The van der Waals surface area contributed by atoms with E-state index in [1.807, 2.05) is 0 Å². The predicted octanol–water partition coefficient (Wildman–Crippen LogP) is 1.49. The van der Waals surface area contributed by atoms with Gasteiger partial charge in [0.05, 0.1) is 6.61 Å². The second-order valence-electron chi connectivity index (χ2n) is 4.02. The Morgan fingerprint density at radius 2 is 2.33 bits per heavy atom. The largest absolute Gasteiger partial charge is 0.462 e. The molecule has 0 radical (unpaired) electrons. The number of esters is 1. The zero-order valence-electron chi connectivity index (χ0n) is 10.3. The lowest BCUT2D eigenvalue weighted by Crippen LogP contribution is -2.28. The topological polar surface area (TPSA) is 86.5 Å². The summed E-state index contributed by atoms with van der Waals surface area (Å²) in [5.41, 5.74) is 6.07. The van der Waals surface area contributed by atoms with E-state index in [2.05, 4.69) is 9.69 Å². The molecule has 0 unspecified atom stereocenters. The standard InChI is InChI=1S/C11H17N3O3S/c1-2-17-11(15)8-9(12)14-18-10(8)13-7-3-5-16-6-4-7/h7,13H,2-6H2,1H3,(H2,12,14). The number of carbonyl (C=O) groups is 1. The van der Waals surface area contributed by atoms with Crippen LogP contribution >= 0.6 is 11.5 Å². The number of anilines is 2. The van der Waals surface area contributed by atoms with E-state index in [0.717, 1.165) is 26.1 Å². The molecule has 100 valence electrons. The van der Waals surface area contributed by atoms with Crippen molar-refractivity contribution >= 4 is 28.3 Å². The van der Waals surface area contributed by atoms with Gasteiger partial charge in [0.15, 0.2) is 5.82 Å². The third-order valence-corrected chi connectivity index (χ3v) is 3.55. The number of nitrogens with two attached hydrogens (primary N) is 1. The van der Waals surface area contributed by atoms with Gasteiger partial charge in [-0.3, -0.25) is 0 Å². The molecule has 1 aromatic rings. The van der Waals surface area contributed by atoms with Gasteiger partial charge in [0.25, 0.3) is 0 Å². The Morgan fingerprint density at radius 1 is 1.61 bits per heavy atom. The number of hydrogen-bond acceptors (Lipinski definition) is 7. The number of nitrogens with zero attached hydrogens (tertiary/aromatic N) is 1. The maximum Gasteiger partial charge on any atom is 0.344 e. The number of rotatable bonds is 4. The molecule has 6 nitrogen and oxygen atoms in total. The van der Waals surface area contributed by atoms with E-state index in [1.165, 1.54) is 11.5 Å². The van der Waals surface area contributed by atoms with Crippen LogP contribution in [0.4, 0.5) is 10.8 Å². The zero-order valence-corrected chi connectivity index (χ0v) is 11.1. The summed E-state index contributed by atoms with van der Waals surface area (Å²) in [4.78, 5) is 11.8. The highest BCUT2D eigenvalue weighted by atomic mass is 32.1. The van der Waals surface area contributed by atoms with Crippen LogP contribution in [0.1, 0.15) is 30.1 Å². The molecule has 0 amide bonds. The van der Waals surface area contributed by atoms with E-state index in [1.54, 1.807) is 6.92 Å². The van der Waals surface area contributed by atoms with Gasteiger partial charge in [0.1, 0.15) is 10.6 Å². The van der Waals surface area contributed by atoms with Gasteiger partial charge >= 0.3 is 5.97 Å². The summed E-state index contributed by atoms with van der Waals surface area (Å²) < 4.78 is 14.3.